The Morgan fingerprint density at radius 1 is 1.06 bits per heavy atom. The molecule has 0 aromatic carbocycles. The van der Waals surface area contributed by atoms with Crippen LogP contribution >= 0.6 is 0 Å². The third-order valence-electron chi connectivity index (χ3n) is 4.52. The monoisotopic (exact) mass is 237 g/mol. The molecule has 3 rings (SSSR count). The van der Waals surface area contributed by atoms with Crippen molar-refractivity contribution in [2.24, 2.45) is 5.92 Å². The first kappa shape index (κ1) is 11.9. The van der Waals surface area contributed by atoms with Crippen LogP contribution in [0.3, 0.4) is 0 Å². The third kappa shape index (κ3) is 3.67. The highest BCUT2D eigenvalue weighted by molar-refractivity contribution is 4.85. The highest BCUT2D eigenvalue weighted by atomic mass is 15.3. The average Bonchev–Trinajstić information content (AvgIpc) is 3.22. The van der Waals surface area contributed by atoms with E-state index in [1.54, 1.807) is 0 Å². The van der Waals surface area contributed by atoms with Crippen molar-refractivity contribution in [3.8, 4) is 0 Å². The number of nitrogens with one attached hydrogen (secondary N) is 1. The molecule has 3 aliphatic rings. The van der Waals surface area contributed by atoms with E-state index in [9.17, 15) is 0 Å². The molecule has 1 saturated heterocycles. The van der Waals surface area contributed by atoms with Gasteiger partial charge in [0, 0.05) is 51.4 Å². The van der Waals surface area contributed by atoms with Gasteiger partial charge in [0.05, 0.1) is 0 Å². The second kappa shape index (κ2) is 5.25. The van der Waals surface area contributed by atoms with Crippen LogP contribution in [-0.2, 0) is 0 Å². The highest BCUT2D eigenvalue weighted by Gasteiger charge is 2.28. The molecule has 1 aliphatic heterocycles. The summed E-state index contributed by atoms with van der Waals surface area (Å²) in [5, 5.41) is 3.65. The Morgan fingerprint density at radius 3 is 2.35 bits per heavy atom. The zero-order chi connectivity index (χ0) is 11.7. The minimum atomic E-state index is 0.721. The van der Waals surface area contributed by atoms with E-state index >= 15 is 0 Å². The maximum Gasteiger partial charge on any atom is 0.0193 e. The molecular formula is C14H27N3. The van der Waals surface area contributed by atoms with Crippen molar-refractivity contribution in [3.05, 3.63) is 0 Å². The Labute approximate surface area is 106 Å². The summed E-state index contributed by atoms with van der Waals surface area (Å²) in [7, 11) is 0. The van der Waals surface area contributed by atoms with Crippen molar-refractivity contribution in [1.29, 1.82) is 0 Å². The molecule has 1 unspecified atom stereocenters. The Kier molecular flexibility index (Phi) is 3.69. The van der Waals surface area contributed by atoms with Gasteiger partial charge in [0.1, 0.15) is 0 Å². The van der Waals surface area contributed by atoms with Gasteiger partial charge in [0.25, 0.3) is 0 Å². The van der Waals surface area contributed by atoms with Gasteiger partial charge in [-0.2, -0.15) is 0 Å². The van der Waals surface area contributed by atoms with Crippen LogP contribution in [0.25, 0.3) is 0 Å². The van der Waals surface area contributed by atoms with Gasteiger partial charge in [-0.15, -0.1) is 0 Å². The molecule has 1 atom stereocenters. The lowest BCUT2D eigenvalue weighted by molar-refractivity contribution is 0.0986. The van der Waals surface area contributed by atoms with Crippen molar-refractivity contribution in [3.63, 3.8) is 0 Å². The van der Waals surface area contributed by atoms with Crippen molar-refractivity contribution < 1.29 is 0 Å². The summed E-state index contributed by atoms with van der Waals surface area (Å²) >= 11 is 0. The van der Waals surface area contributed by atoms with Gasteiger partial charge in [-0.05, 0) is 38.5 Å². The second-order valence-electron chi connectivity index (χ2n) is 6.31. The van der Waals surface area contributed by atoms with Gasteiger partial charge in [-0.3, -0.25) is 4.90 Å². The molecule has 0 radical (unpaired) electrons. The molecule has 0 amide bonds. The zero-order valence-electron chi connectivity index (χ0n) is 11.2. The minimum absolute atomic E-state index is 0.721. The summed E-state index contributed by atoms with van der Waals surface area (Å²) < 4.78 is 0. The van der Waals surface area contributed by atoms with Crippen molar-refractivity contribution in [1.82, 2.24) is 15.1 Å². The number of piperazine rings is 1. The fourth-order valence-electron chi connectivity index (χ4n) is 2.81. The van der Waals surface area contributed by atoms with Crippen molar-refractivity contribution >= 4 is 0 Å². The third-order valence-corrected chi connectivity index (χ3v) is 4.52. The fraction of sp³-hybridized carbons (Fsp3) is 1.00. The smallest absolute Gasteiger partial charge is 0.0193 e. The number of hydrogen-bond donors (Lipinski definition) is 1. The lowest BCUT2D eigenvalue weighted by Crippen LogP contribution is -2.52. The lowest BCUT2D eigenvalue weighted by atomic mass is 10.2. The van der Waals surface area contributed by atoms with Crippen molar-refractivity contribution in [2.75, 3.05) is 39.3 Å². The van der Waals surface area contributed by atoms with E-state index < -0.39 is 0 Å². The van der Waals surface area contributed by atoms with Gasteiger partial charge in [0.15, 0.2) is 0 Å². The molecule has 1 N–H and O–H groups in total. The molecule has 3 fully saturated rings. The number of rotatable bonds is 6. The summed E-state index contributed by atoms with van der Waals surface area (Å²) in [5.41, 5.74) is 0. The van der Waals surface area contributed by atoms with Crippen LogP contribution in [0.1, 0.15) is 32.6 Å². The maximum atomic E-state index is 3.65. The topological polar surface area (TPSA) is 18.5 Å². The largest absolute Gasteiger partial charge is 0.312 e. The Bertz CT molecular complexity index is 240. The van der Waals surface area contributed by atoms with Gasteiger partial charge >= 0.3 is 0 Å². The van der Waals surface area contributed by atoms with E-state index in [0.29, 0.717) is 0 Å². The summed E-state index contributed by atoms with van der Waals surface area (Å²) in [6.45, 7) is 10.1. The first-order valence-corrected chi connectivity index (χ1v) is 7.51. The molecule has 2 saturated carbocycles. The quantitative estimate of drug-likeness (QED) is 0.748. The van der Waals surface area contributed by atoms with E-state index in [0.717, 1.165) is 18.0 Å². The summed E-state index contributed by atoms with van der Waals surface area (Å²) in [4.78, 5) is 5.34. The van der Waals surface area contributed by atoms with Crippen LogP contribution in [0.4, 0.5) is 0 Å². The molecule has 3 heteroatoms. The highest BCUT2D eigenvalue weighted by Crippen LogP contribution is 2.30. The molecule has 0 aromatic heterocycles. The van der Waals surface area contributed by atoms with Gasteiger partial charge in [-0.1, -0.05) is 0 Å². The molecule has 1 heterocycles. The van der Waals surface area contributed by atoms with Gasteiger partial charge in [-0.25, -0.2) is 0 Å². The molecule has 0 aromatic rings. The first-order valence-electron chi connectivity index (χ1n) is 7.51. The predicted molar refractivity (Wildman–Crippen MR) is 71.2 cm³/mol. The van der Waals surface area contributed by atoms with Crippen LogP contribution in [-0.4, -0.2) is 61.2 Å². The summed E-state index contributed by atoms with van der Waals surface area (Å²) in [6.07, 6.45) is 5.79. The van der Waals surface area contributed by atoms with Crippen LogP contribution in [0.5, 0.6) is 0 Å². The molecule has 17 heavy (non-hydrogen) atoms. The molecule has 3 nitrogen and oxygen atoms in total. The van der Waals surface area contributed by atoms with Gasteiger partial charge < -0.3 is 10.2 Å². The normalized spacial score (nSPS) is 29.5. The van der Waals surface area contributed by atoms with E-state index in [-0.39, 0.29) is 0 Å². The predicted octanol–water partition coefficient (Wildman–Crippen LogP) is 1.15. The first-order chi connectivity index (χ1) is 8.31. The van der Waals surface area contributed by atoms with E-state index in [1.165, 1.54) is 65.0 Å². The SMILES string of the molecule is CC(CNC1CC1)N1CCN(CC2CC2)CC1. The maximum absolute atomic E-state index is 3.65. The molecular weight excluding hydrogens is 210 g/mol. The van der Waals surface area contributed by atoms with Crippen LogP contribution < -0.4 is 5.32 Å². The average molecular weight is 237 g/mol. The van der Waals surface area contributed by atoms with E-state index in [4.69, 9.17) is 0 Å². The Morgan fingerprint density at radius 2 is 1.76 bits per heavy atom. The van der Waals surface area contributed by atoms with Crippen LogP contribution in [0, 0.1) is 5.92 Å². The zero-order valence-corrected chi connectivity index (χ0v) is 11.2. The van der Waals surface area contributed by atoms with E-state index in [1.807, 2.05) is 0 Å². The van der Waals surface area contributed by atoms with E-state index in [2.05, 4.69) is 22.0 Å². The Hall–Kier alpha value is -0.120. The molecule has 0 bridgehead atoms. The molecule has 98 valence electrons. The molecule has 0 spiro atoms. The lowest BCUT2D eigenvalue weighted by Gasteiger charge is -2.38. The summed E-state index contributed by atoms with van der Waals surface area (Å²) in [5.74, 6) is 1.05. The Balaban J connectivity index is 1.34. The fourth-order valence-corrected chi connectivity index (χ4v) is 2.81. The van der Waals surface area contributed by atoms with Crippen molar-refractivity contribution in [2.45, 2.75) is 44.7 Å². The van der Waals surface area contributed by atoms with Crippen LogP contribution in [0.15, 0.2) is 0 Å². The number of nitrogens with zero attached hydrogens (tertiary/aromatic N) is 2. The standard InChI is InChI=1S/C14H27N3/c1-12(10-15-14-4-5-14)17-8-6-16(7-9-17)11-13-2-3-13/h12-15H,2-11H2,1H3. The molecule has 2 aliphatic carbocycles. The summed E-state index contributed by atoms with van der Waals surface area (Å²) in [6, 6.07) is 1.58. The number of hydrogen-bond acceptors (Lipinski definition) is 3. The second-order valence-corrected chi connectivity index (χ2v) is 6.31. The van der Waals surface area contributed by atoms with Gasteiger partial charge in [0.2, 0.25) is 0 Å². The minimum Gasteiger partial charge on any atom is -0.312 e. The van der Waals surface area contributed by atoms with Crippen LogP contribution in [0.2, 0.25) is 0 Å².